The van der Waals surface area contributed by atoms with Crippen LogP contribution in [-0.2, 0) is 4.79 Å². The fraction of sp³-hybridized carbons (Fsp3) is 0.292. The summed E-state index contributed by atoms with van der Waals surface area (Å²) in [5.74, 6) is 1.93. The number of benzene rings is 2. The van der Waals surface area contributed by atoms with Gasteiger partial charge in [0.1, 0.15) is 11.5 Å². The number of carbonyl (C=O) groups excluding carboxylic acids is 1. The fourth-order valence-corrected chi connectivity index (χ4v) is 3.73. The van der Waals surface area contributed by atoms with Gasteiger partial charge >= 0.3 is 0 Å². The summed E-state index contributed by atoms with van der Waals surface area (Å²) < 4.78 is 10.5. The molecule has 160 valence electrons. The van der Waals surface area contributed by atoms with E-state index in [1.165, 1.54) is 0 Å². The molecule has 3 aromatic rings. The average molecular weight is 418 g/mol. The normalized spacial score (nSPS) is 14.2. The van der Waals surface area contributed by atoms with Gasteiger partial charge in [-0.1, -0.05) is 30.3 Å². The Balaban J connectivity index is 1.35. The first-order chi connectivity index (χ1) is 15.2. The lowest BCUT2D eigenvalue weighted by Crippen LogP contribution is -2.39. The quantitative estimate of drug-likeness (QED) is 0.652. The Kier molecular flexibility index (Phi) is 6.31. The molecule has 7 heteroatoms. The van der Waals surface area contributed by atoms with Gasteiger partial charge < -0.3 is 19.7 Å². The summed E-state index contributed by atoms with van der Waals surface area (Å²) in [6.07, 6.45) is 5.20. The Bertz CT molecular complexity index is 995. The van der Waals surface area contributed by atoms with E-state index in [2.05, 4.69) is 20.2 Å². The van der Waals surface area contributed by atoms with Crippen LogP contribution in [0.5, 0.6) is 11.5 Å². The molecule has 1 amide bonds. The van der Waals surface area contributed by atoms with Gasteiger partial charge in [-0.05, 0) is 18.4 Å². The van der Waals surface area contributed by atoms with Crippen LogP contribution in [0, 0.1) is 5.92 Å². The molecule has 0 unspecified atom stereocenters. The molecule has 31 heavy (non-hydrogen) atoms. The minimum atomic E-state index is -0.0583. The number of piperidine rings is 1. The van der Waals surface area contributed by atoms with Crippen LogP contribution in [0.3, 0.4) is 0 Å². The smallest absolute Gasteiger partial charge is 0.227 e. The number of rotatable bonds is 6. The summed E-state index contributed by atoms with van der Waals surface area (Å²) in [6.45, 7) is 1.48. The van der Waals surface area contributed by atoms with Gasteiger partial charge in [-0.15, -0.1) is 0 Å². The maximum absolute atomic E-state index is 12.8. The van der Waals surface area contributed by atoms with Crippen LogP contribution in [0.2, 0.25) is 0 Å². The molecule has 7 nitrogen and oxygen atoms in total. The van der Waals surface area contributed by atoms with Gasteiger partial charge in [0.15, 0.2) is 0 Å². The van der Waals surface area contributed by atoms with E-state index < -0.39 is 0 Å². The molecule has 0 radical (unpaired) electrons. The van der Waals surface area contributed by atoms with Gasteiger partial charge in [0.2, 0.25) is 11.9 Å². The molecule has 4 rings (SSSR count). The van der Waals surface area contributed by atoms with Crippen molar-refractivity contribution >= 4 is 17.5 Å². The zero-order valence-electron chi connectivity index (χ0n) is 17.7. The van der Waals surface area contributed by atoms with Crippen LogP contribution in [0.1, 0.15) is 12.8 Å². The van der Waals surface area contributed by atoms with E-state index in [0.29, 0.717) is 23.1 Å². The average Bonchev–Trinajstić information content (AvgIpc) is 2.84. The van der Waals surface area contributed by atoms with Crippen molar-refractivity contribution in [3.63, 3.8) is 0 Å². The van der Waals surface area contributed by atoms with Crippen molar-refractivity contribution in [3.8, 4) is 22.6 Å². The Morgan fingerprint density at radius 1 is 0.935 bits per heavy atom. The zero-order chi connectivity index (χ0) is 21.6. The van der Waals surface area contributed by atoms with Gasteiger partial charge in [-0.3, -0.25) is 4.79 Å². The van der Waals surface area contributed by atoms with Crippen molar-refractivity contribution in [2.45, 2.75) is 12.8 Å². The number of carbonyl (C=O) groups is 1. The van der Waals surface area contributed by atoms with Crippen molar-refractivity contribution in [2.75, 3.05) is 37.5 Å². The van der Waals surface area contributed by atoms with Crippen LogP contribution in [0.4, 0.5) is 11.6 Å². The van der Waals surface area contributed by atoms with Crippen molar-refractivity contribution in [1.82, 2.24) is 9.97 Å². The summed E-state index contributed by atoms with van der Waals surface area (Å²) >= 11 is 0. The molecule has 1 saturated heterocycles. The number of nitrogens with zero attached hydrogens (tertiary/aromatic N) is 3. The number of ether oxygens (including phenoxy) is 2. The standard InChI is InChI=1S/C24H26N4O3/c1-30-21-12-20(13-22(14-21)31-2)27-23(29)18-8-10-28(11-9-18)24-25-15-19(16-26-24)17-6-4-3-5-7-17/h3-7,12-16,18H,8-11H2,1-2H3,(H,27,29). The molecule has 1 aliphatic heterocycles. The molecule has 2 aromatic carbocycles. The molecule has 0 atom stereocenters. The van der Waals surface area contributed by atoms with Gasteiger partial charge in [0, 0.05) is 60.9 Å². The largest absolute Gasteiger partial charge is 0.497 e. The minimum absolute atomic E-state index is 0.00954. The highest BCUT2D eigenvalue weighted by Crippen LogP contribution is 2.28. The lowest BCUT2D eigenvalue weighted by atomic mass is 9.96. The van der Waals surface area contributed by atoms with Gasteiger partial charge in [-0.2, -0.15) is 0 Å². The van der Waals surface area contributed by atoms with E-state index in [1.807, 2.05) is 42.7 Å². The third kappa shape index (κ3) is 4.94. The van der Waals surface area contributed by atoms with E-state index in [4.69, 9.17) is 9.47 Å². The third-order valence-electron chi connectivity index (χ3n) is 5.51. The molecule has 1 aromatic heterocycles. The molecule has 1 fully saturated rings. The first-order valence-corrected chi connectivity index (χ1v) is 10.3. The zero-order valence-corrected chi connectivity index (χ0v) is 17.7. The summed E-state index contributed by atoms with van der Waals surface area (Å²) in [6, 6.07) is 15.4. The van der Waals surface area contributed by atoms with Crippen LogP contribution in [-0.4, -0.2) is 43.2 Å². The van der Waals surface area contributed by atoms with Gasteiger partial charge in [0.05, 0.1) is 14.2 Å². The summed E-state index contributed by atoms with van der Waals surface area (Å²) in [4.78, 5) is 24.0. The van der Waals surface area contributed by atoms with E-state index in [-0.39, 0.29) is 11.8 Å². The highest BCUT2D eigenvalue weighted by atomic mass is 16.5. The molecule has 0 spiro atoms. The molecule has 0 saturated carbocycles. The highest BCUT2D eigenvalue weighted by Gasteiger charge is 2.26. The second-order valence-electron chi connectivity index (χ2n) is 7.49. The van der Waals surface area contributed by atoms with Gasteiger partial charge in [-0.25, -0.2) is 9.97 Å². The minimum Gasteiger partial charge on any atom is -0.497 e. The second kappa shape index (κ2) is 9.47. The first-order valence-electron chi connectivity index (χ1n) is 10.3. The van der Waals surface area contributed by atoms with E-state index in [0.717, 1.165) is 37.1 Å². The SMILES string of the molecule is COc1cc(NC(=O)C2CCN(c3ncc(-c4ccccc4)cn3)CC2)cc(OC)c1. The Hall–Kier alpha value is -3.61. The number of hydrogen-bond donors (Lipinski definition) is 1. The molecule has 0 bridgehead atoms. The molecule has 2 heterocycles. The van der Waals surface area contributed by atoms with Crippen molar-refractivity contribution in [2.24, 2.45) is 5.92 Å². The van der Waals surface area contributed by atoms with Gasteiger partial charge in [0.25, 0.3) is 0 Å². The predicted octanol–water partition coefficient (Wildman–Crippen LogP) is 4.02. The summed E-state index contributed by atoms with van der Waals surface area (Å²) in [5.41, 5.74) is 2.76. The number of aromatic nitrogens is 2. The highest BCUT2D eigenvalue weighted by molar-refractivity contribution is 5.93. The Morgan fingerprint density at radius 3 is 2.13 bits per heavy atom. The van der Waals surface area contributed by atoms with E-state index in [1.54, 1.807) is 32.4 Å². The Morgan fingerprint density at radius 2 is 1.55 bits per heavy atom. The van der Waals surface area contributed by atoms with E-state index in [9.17, 15) is 4.79 Å². The lowest BCUT2D eigenvalue weighted by molar-refractivity contribution is -0.120. The maximum atomic E-state index is 12.8. The van der Waals surface area contributed by atoms with Crippen LogP contribution in [0.25, 0.3) is 11.1 Å². The lowest BCUT2D eigenvalue weighted by Gasteiger charge is -2.31. The number of amides is 1. The molecular formula is C24H26N4O3. The number of anilines is 2. The molecular weight excluding hydrogens is 392 g/mol. The Labute approximate surface area is 182 Å². The predicted molar refractivity (Wildman–Crippen MR) is 121 cm³/mol. The van der Waals surface area contributed by atoms with Crippen molar-refractivity contribution in [1.29, 1.82) is 0 Å². The first kappa shape index (κ1) is 20.7. The summed E-state index contributed by atoms with van der Waals surface area (Å²) in [7, 11) is 3.18. The van der Waals surface area contributed by atoms with Crippen LogP contribution >= 0.6 is 0 Å². The fourth-order valence-electron chi connectivity index (χ4n) is 3.73. The third-order valence-corrected chi connectivity index (χ3v) is 5.51. The monoisotopic (exact) mass is 418 g/mol. The van der Waals surface area contributed by atoms with Crippen LogP contribution < -0.4 is 19.7 Å². The molecule has 1 aliphatic rings. The number of nitrogens with one attached hydrogen (secondary N) is 1. The summed E-state index contributed by atoms with van der Waals surface area (Å²) in [5, 5.41) is 2.99. The van der Waals surface area contributed by atoms with Crippen molar-refractivity contribution < 1.29 is 14.3 Å². The molecule has 1 N–H and O–H groups in total. The van der Waals surface area contributed by atoms with Crippen LogP contribution in [0.15, 0.2) is 60.9 Å². The van der Waals surface area contributed by atoms with E-state index >= 15 is 0 Å². The number of methoxy groups -OCH3 is 2. The van der Waals surface area contributed by atoms with Crippen molar-refractivity contribution in [3.05, 3.63) is 60.9 Å². The molecule has 0 aliphatic carbocycles. The second-order valence-corrected chi connectivity index (χ2v) is 7.49. The number of hydrogen-bond acceptors (Lipinski definition) is 6. The maximum Gasteiger partial charge on any atom is 0.227 e. The topological polar surface area (TPSA) is 76.6 Å².